The molecule has 0 aromatic heterocycles. The Hall–Kier alpha value is -1.49. The Balaban J connectivity index is 2.55. The maximum atomic E-state index is 14.1. The van der Waals surface area contributed by atoms with Crippen molar-refractivity contribution in [3.05, 3.63) is 34.9 Å². The molecule has 110 valence electrons. The maximum absolute atomic E-state index is 14.1. The fourth-order valence-electron chi connectivity index (χ4n) is 3.00. The average Bonchev–Trinajstić information content (AvgIpc) is 2.43. The first-order valence-corrected chi connectivity index (χ1v) is 6.72. The predicted molar refractivity (Wildman–Crippen MR) is 69.5 cm³/mol. The third-order valence-electron chi connectivity index (χ3n) is 4.03. The maximum Gasteiger partial charge on any atom is 0.314 e. The van der Waals surface area contributed by atoms with Crippen LogP contribution in [0.3, 0.4) is 0 Å². The van der Waals surface area contributed by atoms with E-state index in [0.29, 0.717) is 31.2 Å². The lowest BCUT2D eigenvalue weighted by Gasteiger charge is -2.34. The van der Waals surface area contributed by atoms with Crippen molar-refractivity contribution >= 4 is 5.97 Å². The second-order valence-corrected chi connectivity index (χ2v) is 5.32. The van der Waals surface area contributed by atoms with E-state index in [1.807, 2.05) is 0 Å². The van der Waals surface area contributed by atoms with Crippen LogP contribution in [0.2, 0.25) is 0 Å². The summed E-state index contributed by atoms with van der Waals surface area (Å²) >= 11 is 0. The molecular formula is C15H18F2O3. The molecule has 1 aliphatic rings. The van der Waals surface area contributed by atoms with Gasteiger partial charge in [0.2, 0.25) is 0 Å². The Labute approximate surface area is 116 Å². The lowest BCUT2D eigenvalue weighted by molar-refractivity contribution is -0.145. The van der Waals surface area contributed by atoms with Gasteiger partial charge in [-0.1, -0.05) is 19.3 Å². The van der Waals surface area contributed by atoms with Crippen molar-refractivity contribution in [3.63, 3.8) is 0 Å². The van der Waals surface area contributed by atoms with Gasteiger partial charge >= 0.3 is 5.97 Å². The zero-order chi connectivity index (χ0) is 14.8. The number of hydrogen-bond donors (Lipinski definition) is 1. The number of hydrogen-bond acceptors (Lipinski definition) is 2. The monoisotopic (exact) mass is 284 g/mol. The molecule has 0 spiro atoms. The Morgan fingerprint density at radius 1 is 1.30 bits per heavy atom. The van der Waals surface area contributed by atoms with Crippen LogP contribution in [-0.4, -0.2) is 18.2 Å². The van der Waals surface area contributed by atoms with Crippen LogP contribution in [0.25, 0.3) is 0 Å². The summed E-state index contributed by atoms with van der Waals surface area (Å²) < 4.78 is 32.8. The van der Waals surface area contributed by atoms with Crippen LogP contribution < -0.4 is 0 Å². The minimum atomic E-state index is -1.31. The van der Waals surface area contributed by atoms with Gasteiger partial charge in [-0.05, 0) is 30.5 Å². The van der Waals surface area contributed by atoms with Gasteiger partial charge in [0.05, 0.1) is 12.0 Å². The summed E-state index contributed by atoms with van der Waals surface area (Å²) in [5.41, 5.74) is -0.906. The number of carbonyl (C=O) groups is 1. The van der Waals surface area contributed by atoms with E-state index in [4.69, 9.17) is 4.74 Å². The minimum absolute atomic E-state index is 0.0447. The molecule has 0 unspecified atom stereocenters. The number of benzene rings is 1. The van der Waals surface area contributed by atoms with Crippen LogP contribution in [-0.2, 0) is 21.6 Å². The summed E-state index contributed by atoms with van der Waals surface area (Å²) in [6, 6.07) is 2.49. The Morgan fingerprint density at radius 2 is 1.95 bits per heavy atom. The molecule has 5 heteroatoms. The van der Waals surface area contributed by atoms with Gasteiger partial charge in [0, 0.05) is 12.7 Å². The molecule has 0 atom stereocenters. The third-order valence-corrected chi connectivity index (χ3v) is 4.03. The number of ether oxygens (including phenoxy) is 1. The summed E-state index contributed by atoms with van der Waals surface area (Å²) in [4.78, 5) is 11.7. The molecule has 1 aromatic rings. The first-order valence-electron chi connectivity index (χ1n) is 6.72. The minimum Gasteiger partial charge on any atom is -0.481 e. The summed E-state index contributed by atoms with van der Waals surface area (Å²) in [5, 5.41) is 9.56. The van der Waals surface area contributed by atoms with Gasteiger partial charge in [-0.15, -0.1) is 0 Å². The van der Waals surface area contributed by atoms with Gasteiger partial charge in [0.25, 0.3) is 0 Å². The highest BCUT2D eigenvalue weighted by atomic mass is 19.2. The normalized spacial score (nSPS) is 17.9. The molecule has 1 saturated carbocycles. The van der Waals surface area contributed by atoms with E-state index in [9.17, 15) is 18.7 Å². The van der Waals surface area contributed by atoms with Crippen LogP contribution >= 0.6 is 0 Å². The van der Waals surface area contributed by atoms with Crippen LogP contribution in [0, 0.1) is 11.6 Å². The number of halogens is 2. The van der Waals surface area contributed by atoms with Crippen LogP contribution in [0.4, 0.5) is 8.78 Å². The van der Waals surface area contributed by atoms with Crippen LogP contribution in [0.5, 0.6) is 0 Å². The zero-order valence-corrected chi connectivity index (χ0v) is 11.4. The van der Waals surface area contributed by atoms with Crippen molar-refractivity contribution in [1.82, 2.24) is 0 Å². The average molecular weight is 284 g/mol. The van der Waals surface area contributed by atoms with E-state index in [0.717, 1.165) is 12.5 Å². The van der Waals surface area contributed by atoms with Crippen LogP contribution in [0.1, 0.15) is 43.2 Å². The van der Waals surface area contributed by atoms with Crippen molar-refractivity contribution < 1.29 is 23.4 Å². The Kier molecular flexibility index (Phi) is 4.38. The van der Waals surface area contributed by atoms with Gasteiger partial charge < -0.3 is 9.84 Å². The second-order valence-electron chi connectivity index (χ2n) is 5.32. The highest BCUT2D eigenvalue weighted by Crippen LogP contribution is 2.41. The Bertz CT molecular complexity index is 508. The molecule has 0 heterocycles. The third kappa shape index (κ3) is 2.54. The number of carboxylic acids is 1. The molecule has 20 heavy (non-hydrogen) atoms. The number of carboxylic acid groups (broad SMARTS) is 1. The van der Waals surface area contributed by atoms with E-state index in [1.165, 1.54) is 13.2 Å². The fourth-order valence-corrected chi connectivity index (χ4v) is 3.00. The molecule has 0 saturated heterocycles. The van der Waals surface area contributed by atoms with Gasteiger partial charge in [-0.2, -0.15) is 0 Å². The first kappa shape index (κ1) is 14.9. The number of rotatable bonds is 4. The molecule has 3 nitrogen and oxygen atoms in total. The molecule has 2 rings (SSSR count). The number of methoxy groups -OCH3 is 1. The molecule has 0 bridgehead atoms. The summed E-state index contributed by atoms with van der Waals surface area (Å²) in [6.45, 7) is 0.125. The number of aliphatic carboxylic acids is 1. The molecule has 1 N–H and O–H groups in total. The quantitative estimate of drug-likeness (QED) is 0.921. The van der Waals surface area contributed by atoms with E-state index in [1.54, 1.807) is 0 Å². The van der Waals surface area contributed by atoms with Gasteiger partial charge in [-0.3, -0.25) is 4.79 Å². The lowest BCUT2D eigenvalue weighted by Crippen LogP contribution is -2.39. The van der Waals surface area contributed by atoms with Crippen molar-refractivity contribution in [1.29, 1.82) is 0 Å². The van der Waals surface area contributed by atoms with Crippen molar-refractivity contribution in [2.24, 2.45) is 0 Å². The van der Waals surface area contributed by atoms with E-state index in [2.05, 4.69) is 0 Å². The molecule has 0 aliphatic heterocycles. The van der Waals surface area contributed by atoms with Gasteiger partial charge in [0.1, 0.15) is 0 Å². The molecular weight excluding hydrogens is 266 g/mol. The van der Waals surface area contributed by atoms with E-state index < -0.39 is 23.0 Å². The molecule has 1 aromatic carbocycles. The highest BCUT2D eigenvalue weighted by molar-refractivity contribution is 5.81. The van der Waals surface area contributed by atoms with E-state index >= 15 is 0 Å². The van der Waals surface area contributed by atoms with E-state index in [-0.39, 0.29) is 12.2 Å². The standard InChI is InChI=1S/C15H18F2O3/c1-20-9-10-7-11(13(17)12(16)8-10)15(14(18)19)5-3-2-4-6-15/h7-8H,2-6,9H2,1H3,(H,18,19). The largest absolute Gasteiger partial charge is 0.481 e. The smallest absolute Gasteiger partial charge is 0.314 e. The summed E-state index contributed by atoms with van der Waals surface area (Å²) in [5.74, 6) is -3.14. The molecule has 1 fully saturated rings. The van der Waals surface area contributed by atoms with Gasteiger partial charge in [-0.25, -0.2) is 8.78 Å². The first-order chi connectivity index (χ1) is 9.51. The molecule has 0 radical (unpaired) electrons. The molecule has 1 aliphatic carbocycles. The Morgan fingerprint density at radius 3 is 2.50 bits per heavy atom. The van der Waals surface area contributed by atoms with Crippen molar-refractivity contribution in [2.75, 3.05) is 7.11 Å². The second kappa shape index (κ2) is 5.87. The SMILES string of the molecule is COCc1cc(F)c(F)c(C2(C(=O)O)CCCCC2)c1. The summed E-state index contributed by atoms with van der Waals surface area (Å²) in [6.07, 6.45) is 3.03. The van der Waals surface area contributed by atoms with Crippen molar-refractivity contribution in [2.45, 2.75) is 44.1 Å². The van der Waals surface area contributed by atoms with Gasteiger partial charge in [0.15, 0.2) is 11.6 Å². The molecule has 0 amide bonds. The lowest BCUT2D eigenvalue weighted by atomic mass is 9.69. The highest BCUT2D eigenvalue weighted by Gasteiger charge is 2.43. The van der Waals surface area contributed by atoms with Crippen molar-refractivity contribution in [3.8, 4) is 0 Å². The summed E-state index contributed by atoms with van der Waals surface area (Å²) in [7, 11) is 1.45. The zero-order valence-electron chi connectivity index (χ0n) is 11.4. The fraction of sp³-hybridized carbons (Fsp3) is 0.533. The van der Waals surface area contributed by atoms with Crippen LogP contribution in [0.15, 0.2) is 12.1 Å². The topological polar surface area (TPSA) is 46.5 Å². The predicted octanol–water partition coefficient (Wildman–Crippen LogP) is 3.40.